The highest BCUT2D eigenvalue weighted by molar-refractivity contribution is 7.89. The van der Waals surface area contributed by atoms with Crippen LogP contribution in [0.3, 0.4) is 0 Å². The average Bonchev–Trinajstić information content (AvgIpc) is 2.88. The Labute approximate surface area is 123 Å². The van der Waals surface area contributed by atoms with Gasteiger partial charge >= 0.3 is 0 Å². The van der Waals surface area contributed by atoms with E-state index in [1.54, 1.807) is 19.2 Å². The smallest absolute Gasteiger partial charge is 0.260 e. The summed E-state index contributed by atoms with van der Waals surface area (Å²) in [6.07, 6.45) is 1.47. The van der Waals surface area contributed by atoms with Gasteiger partial charge in [0.05, 0.1) is 6.20 Å². The van der Waals surface area contributed by atoms with Crippen molar-refractivity contribution in [2.75, 3.05) is 14.1 Å². The normalized spacial score (nSPS) is 12.0. The molecule has 21 heavy (non-hydrogen) atoms. The third-order valence-electron chi connectivity index (χ3n) is 3.01. The Morgan fingerprint density at radius 1 is 1.43 bits per heavy atom. The second-order valence-corrected chi connectivity index (χ2v) is 6.63. The summed E-state index contributed by atoms with van der Waals surface area (Å²) in [5, 5.41) is 9.23. The third-order valence-corrected chi connectivity index (χ3v) is 4.83. The van der Waals surface area contributed by atoms with E-state index in [1.807, 2.05) is 0 Å². The Morgan fingerprint density at radius 3 is 2.86 bits per heavy atom. The van der Waals surface area contributed by atoms with Crippen molar-refractivity contribution in [3.05, 3.63) is 47.4 Å². The summed E-state index contributed by atoms with van der Waals surface area (Å²) in [7, 11) is -0.536. The average molecular weight is 312 g/mol. The Hall–Kier alpha value is -1.77. The molecule has 0 aliphatic rings. The maximum absolute atomic E-state index is 13.2. The first-order valence-corrected chi connectivity index (χ1v) is 7.77. The minimum Gasteiger partial charge on any atom is -0.316 e. The summed E-state index contributed by atoms with van der Waals surface area (Å²) in [6, 6.07) is 5.86. The van der Waals surface area contributed by atoms with Crippen molar-refractivity contribution in [1.29, 1.82) is 0 Å². The molecule has 0 radical (unpaired) electrons. The fraction of sp³-hybridized carbons (Fsp3) is 0.308. The molecule has 1 aromatic heterocycles. The standard InChI is InChI=1S/C13H17FN4O2S/c1-15-7-11-8-16-17-13(11)21(19,20)18(2)9-10-4-3-5-12(14)6-10/h3-6,8,15H,7,9H2,1-2H3,(H,16,17). The van der Waals surface area contributed by atoms with Crippen LogP contribution in [-0.2, 0) is 23.1 Å². The molecule has 8 heteroatoms. The summed E-state index contributed by atoms with van der Waals surface area (Å²) in [5.41, 5.74) is 1.14. The highest BCUT2D eigenvalue weighted by atomic mass is 32.2. The summed E-state index contributed by atoms with van der Waals surface area (Å²) < 4.78 is 39.3. The minimum atomic E-state index is -3.71. The number of nitrogens with zero attached hydrogens (tertiary/aromatic N) is 2. The number of H-pyrrole nitrogens is 1. The number of aromatic nitrogens is 2. The van der Waals surface area contributed by atoms with Gasteiger partial charge in [0, 0.05) is 25.7 Å². The fourth-order valence-electron chi connectivity index (χ4n) is 1.97. The molecule has 0 atom stereocenters. The predicted octanol–water partition coefficient (Wildman–Crippen LogP) is 1.09. The van der Waals surface area contributed by atoms with Gasteiger partial charge in [-0.15, -0.1) is 0 Å². The predicted molar refractivity (Wildman–Crippen MR) is 76.4 cm³/mol. The van der Waals surface area contributed by atoms with Crippen molar-refractivity contribution in [2.24, 2.45) is 0 Å². The molecule has 1 heterocycles. The lowest BCUT2D eigenvalue weighted by molar-refractivity contribution is 0.461. The lowest BCUT2D eigenvalue weighted by Crippen LogP contribution is -2.28. The van der Waals surface area contributed by atoms with Gasteiger partial charge in [0.2, 0.25) is 0 Å². The van der Waals surface area contributed by atoms with Gasteiger partial charge < -0.3 is 5.32 Å². The fourth-order valence-corrected chi connectivity index (χ4v) is 3.23. The van der Waals surface area contributed by atoms with Crippen LogP contribution in [0, 0.1) is 5.82 Å². The van der Waals surface area contributed by atoms with E-state index in [9.17, 15) is 12.8 Å². The Kier molecular flexibility index (Phi) is 4.71. The lowest BCUT2D eigenvalue weighted by atomic mass is 10.2. The Balaban J connectivity index is 2.24. The van der Waals surface area contributed by atoms with E-state index in [0.29, 0.717) is 17.7 Å². The van der Waals surface area contributed by atoms with E-state index in [1.165, 1.54) is 25.4 Å². The van der Waals surface area contributed by atoms with Gasteiger partial charge in [0.15, 0.2) is 5.03 Å². The highest BCUT2D eigenvalue weighted by Crippen LogP contribution is 2.18. The van der Waals surface area contributed by atoms with Gasteiger partial charge in [-0.25, -0.2) is 12.8 Å². The van der Waals surface area contributed by atoms with Crippen LogP contribution in [0.5, 0.6) is 0 Å². The van der Waals surface area contributed by atoms with Crippen LogP contribution >= 0.6 is 0 Å². The summed E-state index contributed by atoms with van der Waals surface area (Å²) in [4.78, 5) is 0. The number of sulfonamides is 1. The highest BCUT2D eigenvalue weighted by Gasteiger charge is 2.25. The van der Waals surface area contributed by atoms with Gasteiger partial charge in [-0.1, -0.05) is 12.1 Å². The zero-order valence-electron chi connectivity index (χ0n) is 11.8. The summed E-state index contributed by atoms with van der Waals surface area (Å²) in [5.74, 6) is -0.393. The molecule has 2 aromatic rings. The number of rotatable bonds is 6. The molecule has 1 aromatic carbocycles. The van der Waals surface area contributed by atoms with Crippen LogP contribution in [0.1, 0.15) is 11.1 Å². The first-order valence-electron chi connectivity index (χ1n) is 6.32. The second-order valence-electron chi connectivity index (χ2n) is 4.65. The van der Waals surface area contributed by atoms with Gasteiger partial charge in [0.1, 0.15) is 5.82 Å². The van der Waals surface area contributed by atoms with E-state index in [0.717, 1.165) is 4.31 Å². The number of hydrogen-bond acceptors (Lipinski definition) is 4. The molecule has 0 aliphatic heterocycles. The molecular weight excluding hydrogens is 295 g/mol. The molecular formula is C13H17FN4O2S. The molecule has 0 saturated carbocycles. The first kappa shape index (κ1) is 15.6. The number of nitrogens with one attached hydrogen (secondary N) is 2. The number of hydrogen-bond donors (Lipinski definition) is 2. The topological polar surface area (TPSA) is 78.1 Å². The molecule has 0 spiro atoms. The van der Waals surface area contributed by atoms with Crippen molar-refractivity contribution >= 4 is 10.0 Å². The first-order chi connectivity index (χ1) is 9.95. The number of halogens is 1. The summed E-state index contributed by atoms with van der Waals surface area (Å²) >= 11 is 0. The molecule has 0 saturated heterocycles. The molecule has 0 unspecified atom stereocenters. The maximum Gasteiger partial charge on any atom is 0.260 e. The van der Waals surface area contributed by atoms with Crippen LogP contribution in [0.25, 0.3) is 0 Å². The van der Waals surface area contributed by atoms with Crippen molar-refractivity contribution in [1.82, 2.24) is 19.8 Å². The van der Waals surface area contributed by atoms with E-state index in [4.69, 9.17) is 0 Å². The zero-order valence-corrected chi connectivity index (χ0v) is 12.6. The van der Waals surface area contributed by atoms with Crippen LogP contribution in [-0.4, -0.2) is 37.0 Å². The molecule has 6 nitrogen and oxygen atoms in total. The largest absolute Gasteiger partial charge is 0.316 e. The molecule has 0 fully saturated rings. The molecule has 114 valence electrons. The zero-order chi connectivity index (χ0) is 15.5. The second kappa shape index (κ2) is 6.33. The van der Waals surface area contributed by atoms with E-state index >= 15 is 0 Å². The van der Waals surface area contributed by atoms with Crippen LogP contribution < -0.4 is 5.32 Å². The van der Waals surface area contributed by atoms with Gasteiger partial charge in [0.25, 0.3) is 10.0 Å². The van der Waals surface area contributed by atoms with Crippen molar-refractivity contribution in [2.45, 2.75) is 18.1 Å². The number of benzene rings is 1. The molecule has 0 bridgehead atoms. The van der Waals surface area contributed by atoms with Gasteiger partial charge in [-0.3, -0.25) is 5.10 Å². The quantitative estimate of drug-likeness (QED) is 0.837. The third kappa shape index (κ3) is 3.46. The van der Waals surface area contributed by atoms with Gasteiger partial charge in [-0.05, 0) is 24.7 Å². The Morgan fingerprint density at radius 2 is 2.19 bits per heavy atom. The van der Waals surface area contributed by atoms with Crippen LogP contribution in [0.4, 0.5) is 4.39 Å². The SMILES string of the molecule is CNCc1cn[nH]c1S(=O)(=O)N(C)Cc1cccc(F)c1. The van der Waals surface area contributed by atoms with E-state index < -0.39 is 15.8 Å². The summed E-state index contributed by atoms with van der Waals surface area (Å²) in [6.45, 7) is 0.469. The van der Waals surface area contributed by atoms with Crippen molar-refractivity contribution in [3.63, 3.8) is 0 Å². The van der Waals surface area contributed by atoms with Crippen LogP contribution in [0.15, 0.2) is 35.5 Å². The van der Waals surface area contributed by atoms with Gasteiger partial charge in [-0.2, -0.15) is 9.40 Å². The van der Waals surface area contributed by atoms with E-state index in [-0.39, 0.29) is 11.6 Å². The minimum absolute atomic E-state index is 0.0516. The molecule has 2 N–H and O–H groups in total. The van der Waals surface area contributed by atoms with Crippen molar-refractivity contribution in [3.8, 4) is 0 Å². The molecule has 0 aliphatic carbocycles. The molecule has 0 amide bonds. The van der Waals surface area contributed by atoms with Crippen molar-refractivity contribution < 1.29 is 12.8 Å². The number of aromatic amines is 1. The van der Waals surface area contributed by atoms with Crippen LogP contribution in [0.2, 0.25) is 0 Å². The Bertz CT molecular complexity index is 714. The lowest BCUT2D eigenvalue weighted by Gasteiger charge is -2.17. The maximum atomic E-state index is 13.2. The van der Waals surface area contributed by atoms with E-state index in [2.05, 4.69) is 15.5 Å². The molecule has 2 rings (SSSR count). The monoisotopic (exact) mass is 312 g/mol.